The van der Waals surface area contributed by atoms with Crippen molar-refractivity contribution in [1.82, 2.24) is 5.32 Å². The number of hydrogen-bond donors (Lipinski definition) is 1. The second-order valence-electron chi connectivity index (χ2n) is 5.07. The third kappa shape index (κ3) is 2.96. The van der Waals surface area contributed by atoms with Crippen molar-refractivity contribution >= 4 is 35.0 Å². The largest absolute Gasteiger partial charge is 0.497 e. The molecule has 0 unspecified atom stereocenters. The molecule has 0 radical (unpaired) electrons. The quantitative estimate of drug-likeness (QED) is 0.685. The molecule has 2 aromatic carbocycles. The molecular weight excluding hydrogens is 324 g/mol. The summed E-state index contributed by atoms with van der Waals surface area (Å²) in [4.78, 5) is 14.2. The van der Waals surface area contributed by atoms with Gasteiger partial charge in [-0.05, 0) is 48.6 Å². The van der Waals surface area contributed by atoms with Crippen molar-refractivity contribution in [2.75, 3.05) is 19.1 Å². The Balaban J connectivity index is 1.98. The lowest BCUT2D eigenvalue weighted by Crippen LogP contribution is -2.30. The Bertz CT molecular complexity index is 818. The van der Waals surface area contributed by atoms with Gasteiger partial charge >= 0.3 is 0 Å². The average Bonchev–Trinajstić information content (AvgIpc) is 2.89. The van der Waals surface area contributed by atoms with Crippen molar-refractivity contribution < 1.29 is 14.3 Å². The number of rotatable bonds is 4. The van der Waals surface area contributed by atoms with Gasteiger partial charge in [0.15, 0.2) is 5.11 Å². The van der Waals surface area contributed by atoms with E-state index in [4.69, 9.17) is 21.7 Å². The number of thiocarbonyl (C=S) groups is 1. The van der Waals surface area contributed by atoms with Crippen LogP contribution in [0.1, 0.15) is 5.56 Å². The zero-order valence-corrected chi connectivity index (χ0v) is 14.1. The molecule has 1 amide bonds. The summed E-state index contributed by atoms with van der Waals surface area (Å²) >= 11 is 5.30. The predicted molar refractivity (Wildman–Crippen MR) is 97.2 cm³/mol. The Labute approximate surface area is 145 Å². The highest BCUT2D eigenvalue weighted by Gasteiger charge is 2.32. The van der Waals surface area contributed by atoms with Gasteiger partial charge in [-0.2, -0.15) is 0 Å². The van der Waals surface area contributed by atoms with Gasteiger partial charge in [0.2, 0.25) is 0 Å². The van der Waals surface area contributed by atoms with Crippen LogP contribution in [0.3, 0.4) is 0 Å². The maximum atomic E-state index is 12.7. The van der Waals surface area contributed by atoms with Crippen LogP contribution in [0.2, 0.25) is 0 Å². The molecule has 0 bridgehead atoms. The Hall–Kier alpha value is -2.86. The minimum Gasteiger partial charge on any atom is -0.497 e. The number of benzene rings is 2. The minimum atomic E-state index is -0.212. The molecule has 24 heavy (non-hydrogen) atoms. The average molecular weight is 340 g/mol. The second kappa shape index (κ2) is 6.72. The first-order valence-corrected chi connectivity index (χ1v) is 7.69. The first kappa shape index (κ1) is 16.0. The molecule has 0 spiro atoms. The molecule has 2 aromatic rings. The lowest BCUT2D eigenvalue weighted by molar-refractivity contribution is -0.113. The van der Waals surface area contributed by atoms with Crippen molar-refractivity contribution in [2.45, 2.75) is 0 Å². The van der Waals surface area contributed by atoms with E-state index in [1.165, 1.54) is 4.90 Å². The number of methoxy groups -OCH3 is 2. The maximum absolute atomic E-state index is 12.7. The van der Waals surface area contributed by atoms with E-state index in [0.29, 0.717) is 22.3 Å². The molecule has 1 saturated heterocycles. The van der Waals surface area contributed by atoms with Crippen LogP contribution < -0.4 is 19.7 Å². The molecule has 1 fully saturated rings. The monoisotopic (exact) mass is 340 g/mol. The van der Waals surface area contributed by atoms with E-state index in [9.17, 15) is 4.79 Å². The van der Waals surface area contributed by atoms with Gasteiger partial charge in [0.25, 0.3) is 5.91 Å². The second-order valence-corrected chi connectivity index (χ2v) is 5.46. The highest BCUT2D eigenvalue weighted by Crippen LogP contribution is 2.28. The van der Waals surface area contributed by atoms with Crippen molar-refractivity contribution in [3.63, 3.8) is 0 Å². The summed E-state index contributed by atoms with van der Waals surface area (Å²) in [7, 11) is 3.17. The molecule has 122 valence electrons. The molecule has 0 atom stereocenters. The van der Waals surface area contributed by atoms with Crippen LogP contribution >= 0.6 is 12.2 Å². The fourth-order valence-electron chi connectivity index (χ4n) is 2.45. The molecule has 3 rings (SSSR count). The van der Waals surface area contributed by atoms with Gasteiger partial charge in [-0.25, -0.2) is 0 Å². The Morgan fingerprint density at radius 3 is 2.50 bits per heavy atom. The summed E-state index contributed by atoms with van der Waals surface area (Å²) in [5, 5.41) is 3.31. The molecule has 5 nitrogen and oxygen atoms in total. The SMILES string of the molecule is COc1ccc(OC)c(C=C2NC(=S)N(c3ccccc3)C2=O)c1. The number of nitrogens with zero attached hydrogens (tertiary/aromatic N) is 1. The van der Waals surface area contributed by atoms with Crippen molar-refractivity contribution in [3.8, 4) is 11.5 Å². The van der Waals surface area contributed by atoms with Crippen LogP contribution in [-0.4, -0.2) is 25.2 Å². The molecule has 0 aliphatic carbocycles. The minimum absolute atomic E-state index is 0.212. The number of nitrogens with one attached hydrogen (secondary N) is 1. The van der Waals surface area contributed by atoms with Crippen molar-refractivity contribution in [2.24, 2.45) is 0 Å². The van der Waals surface area contributed by atoms with Gasteiger partial charge in [0, 0.05) is 5.56 Å². The van der Waals surface area contributed by atoms with Crippen LogP contribution in [0.4, 0.5) is 5.69 Å². The molecule has 1 aliphatic heterocycles. The van der Waals surface area contributed by atoms with E-state index >= 15 is 0 Å². The number of carbonyl (C=O) groups is 1. The highest BCUT2D eigenvalue weighted by atomic mass is 32.1. The number of para-hydroxylation sites is 1. The van der Waals surface area contributed by atoms with Crippen LogP contribution in [0.15, 0.2) is 54.2 Å². The first-order valence-electron chi connectivity index (χ1n) is 7.28. The lowest BCUT2D eigenvalue weighted by atomic mass is 10.1. The van der Waals surface area contributed by atoms with Crippen LogP contribution in [-0.2, 0) is 4.79 Å². The van der Waals surface area contributed by atoms with E-state index in [2.05, 4.69) is 5.32 Å². The topological polar surface area (TPSA) is 50.8 Å². The van der Waals surface area contributed by atoms with E-state index in [-0.39, 0.29) is 5.91 Å². The third-order valence-electron chi connectivity index (χ3n) is 3.63. The molecule has 0 saturated carbocycles. The predicted octanol–water partition coefficient (Wildman–Crippen LogP) is 2.97. The van der Waals surface area contributed by atoms with Gasteiger partial charge in [-0.15, -0.1) is 0 Å². The van der Waals surface area contributed by atoms with E-state index < -0.39 is 0 Å². The van der Waals surface area contributed by atoms with Gasteiger partial charge in [0.05, 0.1) is 19.9 Å². The summed E-state index contributed by atoms with van der Waals surface area (Å²) in [6, 6.07) is 14.7. The molecular formula is C18H16N2O3S. The van der Waals surface area contributed by atoms with Gasteiger partial charge in [-0.1, -0.05) is 18.2 Å². The normalized spacial score (nSPS) is 15.6. The number of amides is 1. The number of ether oxygens (including phenoxy) is 2. The highest BCUT2D eigenvalue weighted by molar-refractivity contribution is 7.80. The van der Waals surface area contributed by atoms with Crippen LogP contribution in [0.25, 0.3) is 6.08 Å². The lowest BCUT2D eigenvalue weighted by Gasteiger charge is -2.13. The summed E-state index contributed by atoms with van der Waals surface area (Å²) in [6.07, 6.45) is 1.71. The smallest absolute Gasteiger partial charge is 0.281 e. The summed E-state index contributed by atoms with van der Waals surface area (Å²) in [5.41, 5.74) is 1.84. The van der Waals surface area contributed by atoms with Crippen LogP contribution in [0, 0.1) is 0 Å². The molecule has 0 aromatic heterocycles. The van der Waals surface area contributed by atoms with Crippen molar-refractivity contribution in [3.05, 3.63) is 59.8 Å². The van der Waals surface area contributed by atoms with Crippen molar-refractivity contribution in [1.29, 1.82) is 0 Å². The van der Waals surface area contributed by atoms with Gasteiger partial charge in [0.1, 0.15) is 17.2 Å². The van der Waals surface area contributed by atoms with E-state index in [1.807, 2.05) is 30.3 Å². The van der Waals surface area contributed by atoms with E-state index in [1.54, 1.807) is 38.5 Å². The standard InChI is InChI=1S/C18H16N2O3S/c1-22-14-8-9-16(23-2)12(10-14)11-15-17(21)20(18(24)19-15)13-6-4-3-5-7-13/h3-11H,1-2H3,(H,19,24). The molecule has 6 heteroatoms. The summed E-state index contributed by atoms with van der Waals surface area (Å²) in [5.74, 6) is 1.11. The van der Waals surface area contributed by atoms with Gasteiger partial charge in [-0.3, -0.25) is 9.69 Å². The van der Waals surface area contributed by atoms with Crippen LogP contribution in [0.5, 0.6) is 11.5 Å². The Morgan fingerprint density at radius 2 is 1.83 bits per heavy atom. The maximum Gasteiger partial charge on any atom is 0.281 e. The first-order chi connectivity index (χ1) is 11.6. The Morgan fingerprint density at radius 1 is 1.08 bits per heavy atom. The number of carbonyl (C=O) groups excluding carboxylic acids is 1. The fraction of sp³-hybridized carbons (Fsp3) is 0.111. The third-order valence-corrected chi connectivity index (χ3v) is 3.91. The molecule has 1 heterocycles. The molecule has 1 aliphatic rings. The Kier molecular flexibility index (Phi) is 4.48. The number of hydrogen-bond acceptors (Lipinski definition) is 4. The molecule has 1 N–H and O–H groups in total. The summed E-state index contributed by atoms with van der Waals surface area (Å²) in [6.45, 7) is 0. The number of anilines is 1. The van der Waals surface area contributed by atoms with Gasteiger partial charge < -0.3 is 14.8 Å². The summed E-state index contributed by atoms with van der Waals surface area (Å²) < 4.78 is 10.6. The van der Waals surface area contributed by atoms with E-state index in [0.717, 1.165) is 11.3 Å². The zero-order chi connectivity index (χ0) is 17.1. The fourth-order valence-corrected chi connectivity index (χ4v) is 2.75. The zero-order valence-electron chi connectivity index (χ0n) is 13.3.